The van der Waals surface area contributed by atoms with Crippen LogP contribution in [0.2, 0.25) is 0 Å². The fourth-order valence-corrected chi connectivity index (χ4v) is 9.42. The van der Waals surface area contributed by atoms with Gasteiger partial charge in [-0.25, -0.2) is 0 Å². The van der Waals surface area contributed by atoms with Crippen molar-refractivity contribution in [2.45, 2.75) is 0 Å². The van der Waals surface area contributed by atoms with Crippen LogP contribution in [0.4, 0.5) is 17.1 Å². The van der Waals surface area contributed by atoms with E-state index in [-0.39, 0.29) is 0 Å². The smallest absolute Gasteiger partial charge is 0.159 e. The highest BCUT2D eigenvalue weighted by Crippen LogP contribution is 2.48. The molecule has 55 heavy (non-hydrogen) atoms. The normalized spacial score (nSPS) is 11.6. The van der Waals surface area contributed by atoms with Gasteiger partial charge in [0.2, 0.25) is 0 Å². The largest absolute Gasteiger partial charge is 0.454 e. The minimum atomic E-state index is 0.861. The van der Waals surface area contributed by atoms with Gasteiger partial charge in [-0.05, 0) is 87.3 Å². The molecule has 2 aromatic heterocycles. The van der Waals surface area contributed by atoms with Gasteiger partial charge in [-0.15, -0.1) is 11.3 Å². The molecule has 11 rings (SSSR count). The molecule has 11 aromatic rings. The lowest BCUT2D eigenvalue weighted by atomic mass is 9.92. The minimum absolute atomic E-state index is 0.861. The number of anilines is 3. The average molecular weight is 720 g/mol. The number of benzene rings is 9. The van der Waals surface area contributed by atoms with Crippen LogP contribution >= 0.6 is 11.3 Å². The summed E-state index contributed by atoms with van der Waals surface area (Å²) in [6, 6.07) is 72.2. The van der Waals surface area contributed by atoms with Crippen LogP contribution in [0, 0.1) is 0 Å². The van der Waals surface area contributed by atoms with Crippen molar-refractivity contribution in [1.29, 1.82) is 0 Å². The van der Waals surface area contributed by atoms with Crippen molar-refractivity contribution in [1.82, 2.24) is 0 Å². The average Bonchev–Trinajstić information content (AvgIpc) is 3.83. The van der Waals surface area contributed by atoms with E-state index in [0.29, 0.717) is 0 Å². The molecule has 0 atom stereocenters. The van der Waals surface area contributed by atoms with E-state index in [1.54, 1.807) is 0 Å². The van der Waals surface area contributed by atoms with Crippen LogP contribution in [0.3, 0.4) is 0 Å². The van der Waals surface area contributed by atoms with E-state index < -0.39 is 0 Å². The molecule has 2 nitrogen and oxygen atoms in total. The van der Waals surface area contributed by atoms with Gasteiger partial charge in [0.25, 0.3) is 0 Å². The molecule has 0 N–H and O–H groups in total. The van der Waals surface area contributed by atoms with E-state index in [9.17, 15) is 0 Å². The van der Waals surface area contributed by atoms with Crippen molar-refractivity contribution >= 4 is 81.3 Å². The SMILES string of the molecule is c1ccc(-c2cc(N(c3ccc(-c4ccccc4)c4ccccc34)c3cccc4c3oc3ccccc34)ccc2-c2ccc3sc4ccccc4c3c2)cc1. The third-order valence-corrected chi connectivity index (χ3v) is 12.0. The van der Waals surface area contributed by atoms with E-state index in [2.05, 4.69) is 199 Å². The van der Waals surface area contributed by atoms with Gasteiger partial charge in [-0.2, -0.15) is 0 Å². The zero-order chi connectivity index (χ0) is 36.3. The number of nitrogens with zero attached hydrogens (tertiary/aromatic N) is 1. The number of para-hydroxylation sites is 2. The second-order valence-electron chi connectivity index (χ2n) is 14.0. The molecule has 0 aliphatic carbocycles. The lowest BCUT2D eigenvalue weighted by Gasteiger charge is -2.28. The van der Waals surface area contributed by atoms with Crippen molar-refractivity contribution in [2.24, 2.45) is 0 Å². The van der Waals surface area contributed by atoms with Crippen LogP contribution in [-0.4, -0.2) is 0 Å². The summed E-state index contributed by atoms with van der Waals surface area (Å²) in [5.74, 6) is 0. The molecule has 2 heterocycles. The Morgan fingerprint density at radius 1 is 0.345 bits per heavy atom. The van der Waals surface area contributed by atoms with E-state index >= 15 is 0 Å². The highest BCUT2D eigenvalue weighted by atomic mass is 32.1. The molecular weight excluding hydrogens is 687 g/mol. The van der Waals surface area contributed by atoms with Crippen molar-refractivity contribution in [2.75, 3.05) is 4.90 Å². The topological polar surface area (TPSA) is 16.4 Å². The lowest BCUT2D eigenvalue weighted by molar-refractivity contribution is 0.669. The molecule has 0 amide bonds. The first kappa shape index (κ1) is 31.6. The van der Waals surface area contributed by atoms with Gasteiger partial charge in [0, 0.05) is 42.0 Å². The Morgan fingerprint density at radius 2 is 0.982 bits per heavy atom. The quantitative estimate of drug-likeness (QED) is 0.170. The summed E-state index contributed by atoms with van der Waals surface area (Å²) in [6.07, 6.45) is 0. The maximum absolute atomic E-state index is 6.75. The Balaban J connectivity index is 1.18. The Kier molecular flexibility index (Phi) is 7.39. The summed E-state index contributed by atoms with van der Waals surface area (Å²) in [5, 5.41) is 7.17. The Labute approximate surface area is 322 Å². The first-order valence-corrected chi connectivity index (χ1v) is 19.5. The third-order valence-electron chi connectivity index (χ3n) is 10.9. The highest BCUT2D eigenvalue weighted by molar-refractivity contribution is 7.25. The Hall–Kier alpha value is -6.94. The molecule has 0 spiro atoms. The molecule has 0 saturated heterocycles. The van der Waals surface area contributed by atoms with Gasteiger partial charge in [-0.1, -0.05) is 152 Å². The maximum Gasteiger partial charge on any atom is 0.159 e. The number of rotatable bonds is 6. The molecule has 9 aromatic carbocycles. The number of fused-ring (bicyclic) bond motifs is 7. The van der Waals surface area contributed by atoms with Gasteiger partial charge in [0.05, 0.1) is 11.4 Å². The molecule has 3 heteroatoms. The van der Waals surface area contributed by atoms with E-state index in [1.165, 1.54) is 58.9 Å². The zero-order valence-corrected chi connectivity index (χ0v) is 30.6. The molecule has 0 unspecified atom stereocenters. The van der Waals surface area contributed by atoms with Crippen molar-refractivity contribution in [3.63, 3.8) is 0 Å². The van der Waals surface area contributed by atoms with Crippen molar-refractivity contribution in [3.05, 3.63) is 200 Å². The van der Waals surface area contributed by atoms with E-state index in [4.69, 9.17) is 4.42 Å². The molecule has 258 valence electrons. The number of furan rings is 1. The van der Waals surface area contributed by atoms with Gasteiger partial charge < -0.3 is 9.32 Å². The summed E-state index contributed by atoms with van der Waals surface area (Å²) < 4.78 is 9.37. The van der Waals surface area contributed by atoms with Gasteiger partial charge >= 0.3 is 0 Å². The second-order valence-corrected chi connectivity index (χ2v) is 15.1. The summed E-state index contributed by atoms with van der Waals surface area (Å²) in [5.41, 5.74) is 12.0. The summed E-state index contributed by atoms with van der Waals surface area (Å²) in [6.45, 7) is 0. The molecule has 0 fully saturated rings. The Bertz CT molecular complexity index is 3210. The number of hydrogen-bond donors (Lipinski definition) is 0. The molecule has 0 radical (unpaired) electrons. The van der Waals surface area contributed by atoms with Gasteiger partial charge in [0.1, 0.15) is 5.58 Å². The number of thiophene rings is 1. The van der Waals surface area contributed by atoms with E-state index in [1.807, 2.05) is 17.4 Å². The van der Waals surface area contributed by atoms with Crippen LogP contribution in [0.5, 0.6) is 0 Å². The van der Waals surface area contributed by atoms with Crippen molar-refractivity contribution in [3.8, 4) is 33.4 Å². The molecule has 0 aliphatic rings. The Morgan fingerprint density at radius 3 is 1.80 bits per heavy atom. The molecule has 0 bridgehead atoms. The van der Waals surface area contributed by atoms with Crippen LogP contribution in [0.25, 0.3) is 86.3 Å². The lowest BCUT2D eigenvalue weighted by Crippen LogP contribution is -2.11. The fraction of sp³-hybridized carbons (Fsp3) is 0. The summed E-state index contributed by atoms with van der Waals surface area (Å²) in [7, 11) is 0. The number of hydrogen-bond acceptors (Lipinski definition) is 3. The molecular formula is C52H33NOS. The monoisotopic (exact) mass is 719 g/mol. The zero-order valence-electron chi connectivity index (χ0n) is 29.8. The van der Waals surface area contributed by atoms with Crippen LogP contribution < -0.4 is 4.90 Å². The summed E-state index contributed by atoms with van der Waals surface area (Å²) >= 11 is 1.85. The highest BCUT2D eigenvalue weighted by Gasteiger charge is 2.23. The van der Waals surface area contributed by atoms with Crippen LogP contribution in [-0.2, 0) is 0 Å². The van der Waals surface area contributed by atoms with Crippen LogP contribution in [0.1, 0.15) is 0 Å². The third kappa shape index (κ3) is 5.24. The maximum atomic E-state index is 6.75. The summed E-state index contributed by atoms with van der Waals surface area (Å²) in [4.78, 5) is 2.40. The predicted octanol–water partition coefficient (Wildman–Crippen LogP) is 15.6. The van der Waals surface area contributed by atoms with Crippen LogP contribution in [0.15, 0.2) is 205 Å². The minimum Gasteiger partial charge on any atom is -0.454 e. The standard InChI is InChI=1S/C52H33NOS/c1-3-14-34(15-4-1)38-29-30-47(41-19-8-7-18-40(38)41)53(48-23-13-22-44-42-20-9-11-24-49(42)54-52(44)48)37-27-28-39(45(33-37)35-16-5-2-6-17-35)36-26-31-51-46(32-36)43-21-10-12-25-50(43)55-51/h1-33H. The van der Waals surface area contributed by atoms with Crippen molar-refractivity contribution < 1.29 is 4.42 Å². The fourth-order valence-electron chi connectivity index (χ4n) is 8.34. The molecule has 0 saturated carbocycles. The molecule has 0 aliphatic heterocycles. The first-order valence-electron chi connectivity index (χ1n) is 18.7. The first-order chi connectivity index (χ1) is 27.3. The van der Waals surface area contributed by atoms with Gasteiger partial charge in [-0.3, -0.25) is 0 Å². The second kappa shape index (κ2) is 12.9. The van der Waals surface area contributed by atoms with E-state index in [0.717, 1.165) is 44.4 Å². The predicted molar refractivity (Wildman–Crippen MR) is 235 cm³/mol. The van der Waals surface area contributed by atoms with Gasteiger partial charge in [0.15, 0.2) is 5.58 Å².